The van der Waals surface area contributed by atoms with Crippen LogP contribution in [0.5, 0.6) is 0 Å². The molecule has 14 heavy (non-hydrogen) atoms. The van der Waals surface area contributed by atoms with Crippen molar-refractivity contribution in [1.29, 1.82) is 0 Å². The zero-order valence-electron chi connectivity index (χ0n) is 8.63. The zero-order valence-corrected chi connectivity index (χ0v) is 8.63. The van der Waals surface area contributed by atoms with E-state index in [0.717, 1.165) is 0 Å². The van der Waals surface area contributed by atoms with Crippen molar-refractivity contribution in [2.75, 3.05) is 13.1 Å². The molecule has 1 unspecified atom stereocenters. The van der Waals surface area contributed by atoms with E-state index in [1.807, 2.05) is 0 Å². The molecular formula is C9H16FNO3. The number of alkyl halides is 1. The summed E-state index contributed by atoms with van der Waals surface area (Å²) in [4.78, 5) is 11.2. The Kier molecular flexibility index (Phi) is 2.83. The van der Waals surface area contributed by atoms with Gasteiger partial charge in [-0.05, 0) is 20.8 Å². The fourth-order valence-corrected chi connectivity index (χ4v) is 1.13. The first-order valence-corrected chi connectivity index (χ1v) is 4.55. The molecule has 1 aliphatic heterocycles. The molecule has 0 amide bonds. The van der Waals surface area contributed by atoms with Gasteiger partial charge in [0.15, 0.2) is 0 Å². The van der Waals surface area contributed by atoms with E-state index in [-0.39, 0.29) is 13.1 Å². The Bertz CT molecular complexity index is 233. The van der Waals surface area contributed by atoms with Crippen molar-refractivity contribution in [2.24, 2.45) is 0 Å². The third-order valence-corrected chi connectivity index (χ3v) is 1.95. The van der Waals surface area contributed by atoms with Crippen LogP contribution in [0.3, 0.4) is 0 Å². The number of hydrogen-bond donors (Lipinski definition) is 2. The van der Waals surface area contributed by atoms with Crippen LogP contribution >= 0.6 is 0 Å². The maximum absolute atomic E-state index is 13.4. The van der Waals surface area contributed by atoms with Gasteiger partial charge in [0.2, 0.25) is 6.17 Å². The molecule has 0 saturated carbocycles. The normalized spacial score (nSPS) is 22.4. The first kappa shape index (κ1) is 11.4. The maximum atomic E-state index is 13.4. The average molecular weight is 205 g/mol. The zero-order chi connectivity index (χ0) is 11.0. The number of nitrogens with one attached hydrogen (secondary N) is 1. The number of halogens is 1. The van der Waals surface area contributed by atoms with Crippen LogP contribution in [0, 0.1) is 0 Å². The van der Waals surface area contributed by atoms with E-state index in [1.54, 1.807) is 20.8 Å². The number of hydrogen-bond acceptors (Lipinski definition) is 4. The van der Waals surface area contributed by atoms with E-state index in [9.17, 15) is 14.3 Å². The number of β-amino-alcohol motifs (C(OH)–C–C–N with tert-alkyl or cyclic N) is 1. The molecule has 0 aromatic carbocycles. The molecule has 1 rings (SSSR count). The largest absolute Gasteiger partial charge is 0.458 e. The second-order valence-electron chi connectivity index (χ2n) is 4.60. The summed E-state index contributed by atoms with van der Waals surface area (Å²) in [5.41, 5.74) is -2.31. The number of carbonyl (C=O) groups is 1. The molecule has 0 spiro atoms. The van der Waals surface area contributed by atoms with Crippen LogP contribution in [-0.2, 0) is 9.53 Å². The van der Waals surface area contributed by atoms with E-state index >= 15 is 0 Å². The fourth-order valence-electron chi connectivity index (χ4n) is 1.13. The van der Waals surface area contributed by atoms with Gasteiger partial charge in [-0.25, -0.2) is 9.18 Å². The first-order chi connectivity index (χ1) is 6.25. The smallest absolute Gasteiger partial charge is 0.344 e. The van der Waals surface area contributed by atoms with E-state index in [0.29, 0.717) is 0 Å². The standard InChI is InChI=1S/C9H16FNO3/c1-8(2,3)14-7(12)6(10)9(13)4-11-5-9/h6,11,13H,4-5H2,1-3H3. The minimum atomic E-state index is -1.97. The first-order valence-electron chi connectivity index (χ1n) is 4.55. The quantitative estimate of drug-likeness (QED) is 0.623. The molecule has 0 aromatic heterocycles. The molecule has 1 aliphatic rings. The summed E-state index contributed by atoms with van der Waals surface area (Å²) in [6.45, 7) is 5.14. The second-order valence-corrected chi connectivity index (χ2v) is 4.60. The van der Waals surface area contributed by atoms with Gasteiger partial charge >= 0.3 is 5.97 Å². The predicted molar refractivity (Wildman–Crippen MR) is 48.6 cm³/mol. The molecule has 5 heteroatoms. The monoisotopic (exact) mass is 205 g/mol. The highest BCUT2D eigenvalue weighted by Crippen LogP contribution is 2.22. The lowest BCUT2D eigenvalue weighted by molar-refractivity contribution is -0.176. The highest BCUT2D eigenvalue weighted by Gasteiger charge is 2.48. The van der Waals surface area contributed by atoms with E-state index in [2.05, 4.69) is 5.32 Å². The van der Waals surface area contributed by atoms with Crippen LogP contribution in [-0.4, -0.2) is 41.5 Å². The highest BCUT2D eigenvalue weighted by atomic mass is 19.1. The van der Waals surface area contributed by atoms with Gasteiger partial charge < -0.3 is 15.2 Å². The topological polar surface area (TPSA) is 58.6 Å². The van der Waals surface area contributed by atoms with Crippen molar-refractivity contribution in [2.45, 2.75) is 38.1 Å². The molecule has 1 atom stereocenters. The van der Waals surface area contributed by atoms with E-state index in [1.165, 1.54) is 0 Å². The Morgan fingerprint density at radius 1 is 1.57 bits per heavy atom. The van der Waals surface area contributed by atoms with Crippen LogP contribution in [0.1, 0.15) is 20.8 Å². The van der Waals surface area contributed by atoms with Crippen LogP contribution in [0.2, 0.25) is 0 Å². The van der Waals surface area contributed by atoms with E-state index in [4.69, 9.17) is 4.74 Å². The van der Waals surface area contributed by atoms with Crippen molar-refractivity contribution >= 4 is 5.97 Å². The molecular weight excluding hydrogens is 189 g/mol. The summed E-state index contributed by atoms with van der Waals surface area (Å²) in [6, 6.07) is 0. The lowest BCUT2D eigenvalue weighted by Gasteiger charge is -2.39. The van der Waals surface area contributed by atoms with E-state index < -0.39 is 23.3 Å². The Labute approximate surface area is 82.4 Å². The molecule has 0 radical (unpaired) electrons. The van der Waals surface area contributed by atoms with Crippen LogP contribution in [0.4, 0.5) is 4.39 Å². The van der Waals surface area contributed by atoms with Crippen LogP contribution in [0.15, 0.2) is 0 Å². The number of carbonyl (C=O) groups excluding carboxylic acids is 1. The summed E-state index contributed by atoms with van der Waals surface area (Å²) in [7, 11) is 0. The van der Waals surface area contributed by atoms with Gasteiger partial charge in [0, 0.05) is 13.1 Å². The van der Waals surface area contributed by atoms with Gasteiger partial charge in [0.1, 0.15) is 11.2 Å². The number of rotatable bonds is 2. The third kappa shape index (κ3) is 2.42. The molecule has 1 saturated heterocycles. The molecule has 0 aromatic rings. The summed E-state index contributed by atoms with van der Waals surface area (Å²) in [5.74, 6) is -0.999. The summed E-state index contributed by atoms with van der Waals surface area (Å²) in [5, 5.41) is 12.2. The Hall–Kier alpha value is -0.680. The van der Waals surface area contributed by atoms with Crippen LogP contribution < -0.4 is 5.32 Å². The summed E-state index contributed by atoms with van der Waals surface area (Å²) >= 11 is 0. The molecule has 0 aliphatic carbocycles. The summed E-state index contributed by atoms with van der Waals surface area (Å²) < 4.78 is 18.2. The van der Waals surface area contributed by atoms with Crippen LogP contribution in [0.25, 0.3) is 0 Å². The van der Waals surface area contributed by atoms with Gasteiger partial charge in [-0.2, -0.15) is 0 Å². The SMILES string of the molecule is CC(C)(C)OC(=O)C(F)C1(O)CNC1. The van der Waals surface area contributed by atoms with Gasteiger partial charge in [0.25, 0.3) is 0 Å². The van der Waals surface area contributed by atoms with Crippen molar-refractivity contribution in [3.8, 4) is 0 Å². The lowest BCUT2D eigenvalue weighted by atomic mass is 9.91. The van der Waals surface area contributed by atoms with Gasteiger partial charge in [-0.15, -0.1) is 0 Å². The van der Waals surface area contributed by atoms with Crippen molar-refractivity contribution in [3.63, 3.8) is 0 Å². The molecule has 1 fully saturated rings. The third-order valence-electron chi connectivity index (χ3n) is 1.95. The molecule has 82 valence electrons. The molecule has 2 N–H and O–H groups in total. The maximum Gasteiger partial charge on any atom is 0.344 e. The minimum Gasteiger partial charge on any atom is -0.458 e. The predicted octanol–water partition coefficient (Wildman–Crippen LogP) is 0.000500. The Morgan fingerprint density at radius 3 is 2.36 bits per heavy atom. The summed E-state index contributed by atoms with van der Waals surface area (Å²) in [6.07, 6.45) is -1.97. The van der Waals surface area contributed by atoms with Gasteiger partial charge in [-0.1, -0.05) is 0 Å². The fraction of sp³-hybridized carbons (Fsp3) is 0.889. The number of ether oxygens (including phenoxy) is 1. The van der Waals surface area contributed by atoms with Crippen molar-refractivity contribution in [1.82, 2.24) is 5.32 Å². The molecule has 4 nitrogen and oxygen atoms in total. The minimum absolute atomic E-state index is 0.0907. The van der Waals surface area contributed by atoms with Gasteiger partial charge in [-0.3, -0.25) is 0 Å². The Balaban J connectivity index is 2.52. The van der Waals surface area contributed by atoms with Crippen molar-refractivity contribution in [3.05, 3.63) is 0 Å². The number of aliphatic hydroxyl groups is 1. The highest BCUT2D eigenvalue weighted by molar-refractivity contribution is 5.77. The van der Waals surface area contributed by atoms with Crippen molar-refractivity contribution < 1.29 is 19.0 Å². The lowest BCUT2D eigenvalue weighted by Crippen LogP contribution is -2.66. The molecule has 0 bridgehead atoms. The number of esters is 1. The Morgan fingerprint density at radius 2 is 2.07 bits per heavy atom. The molecule has 1 heterocycles. The van der Waals surface area contributed by atoms with Gasteiger partial charge in [0.05, 0.1) is 0 Å². The second kappa shape index (κ2) is 3.47. The average Bonchev–Trinajstić information content (AvgIpc) is 1.95.